The van der Waals surface area contributed by atoms with Crippen LogP contribution in [-0.2, 0) is 4.74 Å². The van der Waals surface area contributed by atoms with Gasteiger partial charge in [0.25, 0.3) is 0 Å². The number of methoxy groups -OCH3 is 1. The molecule has 1 unspecified atom stereocenters. The molecule has 108 valence electrons. The molecule has 0 aliphatic rings. The first-order valence-electron chi connectivity index (χ1n) is 6.42. The molecule has 1 aromatic carbocycles. The Balaban J connectivity index is 1.92. The van der Waals surface area contributed by atoms with Gasteiger partial charge in [0.15, 0.2) is 0 Å². The lowest BCUT2D eigenvalue weighted by Crippen LogP contribution is -2.06. The zero-order valence-corrected chi connectivity index (χ0v) is 14.0. The second-order valence-electron chi connectivity index (χ2n) is 4.36. The van der Waals surface area contributed by atoms with Gasteiger partial charge < -0.3 is 14.8 Å². The quantitative estimate of drug-likeness (QED) is 0.729. The van der Waals surface area contributed by atoms with Crippen LogP contribution >= 0.6 is 27.3 Å². The zero-order valence-electron chi connectivity index (χ0n) is 11.6. The zero-order chi connectivity index (χ0) is 14.4. The van der Waals surface area contributed by atoms with Crippen LogP contribution in [0.5, 0.6) is 5.75 Å². The van der Waals surface area contributed by atoms with Crippen LogP contribution in [0.25, 0.3) is 0 Å². The normalized spacial score (nSPS) is 12.2. The third-order valence-corrected chi connectivity index (χ3v) is 4.89. The van der Waals surface area contributed by atoms with Crippen molar-refractivity contribution in [3.8, 4) is 5.75 Å². The number of hydrogen-bond acceptors (Lipinski definition) is 4. The minimum absolute atomic E-state index is 0.268. The molecule has 0 spiro atoms. The van der Waals surface area contributed by atoms with E-state index in [0.717, 1.165) is 15.9 Å². The summed E-state index contributed by atoms with van der Waals surface area (Å²) in [6.07, 6.45) is 0. The van der Waals surface area contributed by atoms with E-state index in [0.29, 0.717) is 13.2 Å². The molecule has 5 heteroatoms. The lowest BCUT2D eigenvalue weighted by molar-refractivity contribution is 0.146. The number of nitrogens with one attached hydrogen (secondary N) is 1. The van der Waals surface area contributed by atoms with Gasteiger partial charge in [-0.15, -0.1) is 11.3 Å². The van der Waals surface area contributed by atoms with Crippen molar-refractivity contribution >= 4 is 33.0 Å². The first-order chi connectivity index (χ1) is 9.70. The molecule has 2 aromatic rings. The molecule has 0 saturated carbocycles. The van der Waals surface area contributed by atoms with Gasteiger partial charge in [0, 0.05) is 22.1 Å². The minimum Gasteiger partial charge on any atom is -0.491 e. The van der Waals surface area contributed by atoms with Crippen LogP contribution in [0.2, 0.25) is 0 Å². The summed E-state index contributed by atoms with van der Waals surface area (Å²) in [5, 5.41) is 5.57. The summed E-state index contributed by atoms with van der Waals surface area (Å²) in [4.78, 5) is 1.30. The number of halogens is 1. The highest BCUT2D eigenvalue weighted by Crippen LogP contribution is 2.31. The Labute approximate surface area is 132 Å². The Hall–Kier alpha value is -1.04. The molecule has 0 bridgehead atoms. The van der Waals surface area contributed by atoms with E-state index in [-0.39, 0.29) is 6.04 Å². The fourth-order valence-corrected chi connectivity index (χ4v) is 3.55. The van der Waals surface area contributed by atoms with Crippen molar-refractivity contribution in [1.82, 2.24) is 0 Å². The van der Waals surface area contributed by atoms with Gasteiger partial charge >= 0.3 is 0 Å². The van der Waals surface area contributed by atoms with Gasteiger partial charge in [-0.05, 0) is 58.6 Å². The van der Waals surface area contributed by atoms with E-state index < -0.39 is 0 Å². The fourth-order valence-electron chi connectivity index (χ4n) is 1.82. The number of anilines is 1. The Bertz CT molecular complexity index is 527. The number of benzene rings is 1. The minimum atomic E-state index is 0.268. The summed E-state index contributed by atoms with van der Waals surface area (Å²) in [5.74, 6) is 0.859. The monoisotopic (exact) mass is 355 g/mol. The summed E-state index contributed by atoms with van der Waals surface area (Å²) in [6, 6.07) is 10.3. The van der Waals surface area contributed by atoms with Gasteiger partial charge in [-0.25, -0.2) is 0 Å². The molecule has 1 atom stereocenters. The molecule has 20 heavy (non-hydrogen) atoms. The molecule has 1 heterocycles. The molecule has 0 amide bonds. The van der Waals surface area contributed by atoms with Crippen molar-refractivity contribution in [3.05, 3.63) is 45.1 Å². The first kappa shape index (κ1) is 15.4. The van der Waals surface area contributed by atoms with E-state index in [2.05, 4.69) is 39.6 Å². The lowest BCUT2D eigenvalue weighted by Gasteiger charge is -2.15. The van der Waals surface area contributed by atoms with E-state index in [9.17, 15) is 0 Å². The van der Waals surface area contributed by atoms with Gasteiger partial charge in [-0.2, -0.15) is 0 Å². The molecule has 0 aliphatic carbocycles. The van der Waals surface area contributed by atoms with Crippen LogP contribution in [0.4, 0.5) is 5.69 Å². The Morgan fingerprint density at radius 1 is 1.20 bits per heavy atom. The lowest BCUT2D eigenvalue weighted by atomic mass is 10.2. The molecular formula is C15H18BrNO2S. The molecule has 0 radical (unpaired) electrons. The van der Waals surface area contributed by atoms with E-state index in [1.165, 1.54) is 4.88 Å². The van der Waals surface area contributed by atoms with E-state index in [1.54, 1.807) is 18.4 Å². The molecule has 0 fully saturated rings. The van der Waals surface area contributed by atoms with Crippen LogP contribution in [-0.4, -0.2) is 20.3 Å². The predicted molar refractivity (Wildman–Crippen MR) is 87.9 cm³/mol. The van der Waals surface area contributed by atoms with E-state index >= 15 is 0 Å². The standard InChI is InChI=1S/C15H18BrNO2S/c1-11(15-14(16)7-10-20-15)17-12-3-5-13(6-4-12)19-9-8-18-2/h3-7,10-11,17H,8-9H2,1-2H3. The van der Waals surface area contributed by atoms with Gasteiger partial charge in [0.05, 0.1) is 12.6 Å². The van der Waals surface area contributed by atoms with Crippen molar-refractivity contribution < 1.29 is 9.47 Å². The third kappa shape index (κ3) is 4.23. The van der Waals surface area contributed by atoms with Gasteiger partial charge in [0.1, 0.15) is 12.4 Å². The molecule has 1 aromatic heterocycles. The van der Waals surface area contributed by atoms with Crippen molar-refractivity contribution in [2.75, 3.05) is 25.6 Å². The Morgan fingerprint density at radius 3 is 2.55 bits per heavy atom. The second-order valence-corrected chi connectivity index (χ2v) is 6.17. The highest BCUT2D eigenvalue weighted by molar-refractivity contribution is 9.10. The van der Waals surface area contributed by atoms with Crippen molar-refractivity contribution in [2.24, 2.45) is 0 Å². The smallest absolute Gasteiger partial charge is 0.119 e. The van der Waals surface area contributed by atoms with Gasteiger partial charge in [-0.3, -0.25) is 0 Å². The molecule has 3 nitrogen and oxygen atoms in total. The number of ether oxygens (including phenoxy) is 2. The summed E-state index contributed by atoms with van der Waals surface area (Å²) in [6.45, 7) is 3.32. The third-order valence-electron chi connectivity index (χ3n) is 2.83. The second kappa shape index (κ2) is 7.67. The topological polar surface area (TPSA) is 30.5 Å². The van der Waals surface area contributed by atoms with Crippen LogP contribution in [0, 0.1) is 0 Å². The highest BCUT2D eigenvalue weighted by Gasteiger charge is 2.10. The van der Waals surface area contributed by atoms with Crippen molar-refractivity contribution in [3.63, 3.8) is 0 Å². The SMILES string of the molecule is COCCOc1ccc(NC(C)c2sccc2Br)cc1. The molecular weight excluding hydrogens is 338 g/mol. The maximum atomic E-state index is 5.54. The van der Waals surface area contributed by atoms with E-state index in [1.807, 2.05) is 24.3 Å². The van der Waals surface area contributed by atoms with Crippen LogP contribution in [0.1, 0.15) is 17.8 Å². The number of rotatable bonds is 7. The van der Waals surface area contributed by atoms with Crippen molar-refractivity contribution in [2.45, 2.75) is 13.0 Å². The molecule has 2 rings (SSSR count). The van der Waals surface area contributed by atoms with Gasteiger partial charge in [-0.1, -0.05) is 0 Å². The average Bonchev–Trinajstić information content (AvgIpc) is 2.87. The largest absolute Gasteiger partial charge is 0.491 e. The molecule has 0 saturated heterocycles. The highest BCUT2D eigenvalue weighted by atomic mass is 79.9. The van der Waals surface area contributed by atoms with E-state index in [4.69, 9.17) is 9.47 Å². The number of thiophene rings is 1. The molecule has 1 N–H and O–H groups in total. The predicted octanol–water partition coefficient (Wildman–Crippen LogP) is 4.71. The van der Waals surface area contributed by atoms with Crippen LogP contribution in [0.15, 0.2) is 40.2 Å². The van der Waals surface area contributed by atoms with Crippen molar-refractivity contribution in [1.29, 1.82) is 0 Å². The Morgan fingerprint density at radius 2 is 1.95 bits per heavy atom. The summed E-state index contributed by atoms with van der Waals surface area (Å²) in [7, 11) is 1.67. The molecule has 0 aliphatic heterocycles. The van der Waals surface area contributed by atoms with Gasteiger partial charge in [0.2, 0.25) is 0 Å². The maximum absolute atomic E-state index is 5.54. The Kier molecular flexibility index (Phi) is 5.88. The fraction of sp³-hybridized carbons (Fsp3) is 0.333. The maximum Gasteiger partial charge on any atom is 0.119 e. The van der Waals surface area contributed by atoms with Crippen LogP contribution < -0.4 is 10.1 Å². The number of hydrogen-bond donors (Lipinski definition) is 1. The summed E-state index contributed by atoms with van der Waals surface area (Å²) >= 11 is 5.31. The summed E-state index contributed by atoms with van der Waals surface area (Å²) < 4.78 is 11.6. The average molecular weight is 356 g/mol. The summed E-state index contributed by atoms with van der Waals surface area (Å²) in [5.41, 5.74) is 1.08. The van der Waals surface area contributed by atoms with Crippen LogP contribution in [0.3, 0.4) is 0 Å². The first-order valence-corrected chi connectivity index (χ1v) is 8.09.